The molecule has 2 aliphatic rings. The van der Waals surface area contributed by atoms with Crippen LogP contribution in [0.4, 0.5) is 28.0 Å². The smallest absolute Gasteiger partial charge is 0.417 e. The van der Waals surface area contributed by atoms with E-state index in [1.165, 1.54) is 17.4 Å². The molecule has 1 atom stereocenters. The molecule has 44 heavy (non-hydrogen) atoms. The van der Waals surface area contributed by atoms with Gasteiger partial charge in [-0.1, -0.05) is 17.7 Å². The van der Waals surface area contributed by atoms with Crippen LogP contribution in [0.15, 0.2) is 30.5 Å². The summed E-state index contributed by atoms with van der Waals surface area (Å²) in [5.41, 5.74) is -0.174. The van der Waals surface area contributed by atoms with E-state index in [0.29, 0.717) is 60.7 Å². The molecule has 0 spiro atoms. The number of aromatic nitrogens is 2. The number of rotatable bonds is 6. The van der Waals surface area contributed by atoms with Crippen LogP contribution in [0.2, 0.25) is 5.02 Å². The SMILES string of the molecule is C[C@@H]1CCCN1Cc1sc(Cc2nccc(N3CCN(C(=O)OC(C)(C)C)CC3)c2F)nc1-c1ccc(Cl)c(C(F)(F)F)c1. The van der Waals surface area contributed by atoms with Crippen LogP contribution in [0.25, 0.3) is 11.3 Å². The molecule has 2 aromatic heterocycles. The number of hydrogen-bond acceptors (Lipinski definition) is 7. The molecule has 1 amide bonds. The van der Waals surface area contributed by atoms with Gasteiger partial charge in [-0.15, -0.1) is 11.3 Å². The number of amides is 1. The largest absolute Gasteiger partial charge is 0.444 e. The van der Waals surface area contributed by atoms with Crippen LogP contribution >= 0.6 is 22.9 Å². The van der Waals surface area contributed by atoms with Crippen LogP contribution in [0, 0.1) is 5.82 Å². The maximum Gasteiger partial charge on any atom is 0.417 e. The molecule has 0 aliphatic carbocycles. The van der Waals surface area contributed by atoms with E-state index in [4.69, 9.17) is 21.3 Å². The van der Waals surface area contributed by atoms with Crippen molar-refractivity contribution in [3.8, 4) is 11.3 Å². The van der Waals surface area contributed by atoms with E-state index < -0.39 is 29.3 Å². The highest BCUT2D eigenvalue weighted by Gasteiger charge is 2.34. The molecule has 0 N–H and O–H groups in total. The van der Waals surface area contributed by atoms with Gasteiger partial charge in [0, 0.05) is 61.8 Å². The first kappa shape index (κ1) is 32.4. The molecule has 3 aromatic rings. The zero-order valence-electron chi connectivity index (χ0n) is 25.2. The van der Waals surface area contributed by atoms with Gasteiger partial charge < -0.3 is 14.5 Å². The average molecular weight is 654 g/mol. The summed E-state index contributed by atoms with van der Waals surface area (Å²) < 4.78 is 62.4. The summed E-state index contributed by atoms with van der Waals surface area (Å²) >= 11 is 7.27. The number of nitrogens with zero attached hydrogens (tertiary/aromatic N) is 5. The van der Waals surface area contributed by atoms with Crippen molar-refractivity contribution in [2.75, 3.05) is 37.6 Å². The lowest BCUT2D eigenvalue weighted by Crippen LogP contribution is -2.50. The Bertz CT molecular complexity index is 1500. The van der Waals surface area contributed by atoms with Gasteiger partial charge in [0.05, 0.1) is 32.7 Å². The Kier molecular flexibility index (Phi) is 9.44. The van der Waals surface area contributed by atoms with E-state index in [0.717, 1.165) is 30.3 Å². The molecule has 4 heterocycles. The molecule has 238 valence electrons. The van der Waals surface area contributed by atoms with Crippen molar-refractivity contribution in [2.45, 2.75) is 71.3 Å². The predicted molar refractivity (Wildman–Crippen MR) is 164 cm³/mol. The number of piperazine rings is 1. The van der Waals surface area contributed by atoms with Gasteiger partial charge in [0.2, 0.25) is 0 Å². The Morgan fingerprint density at radius 3 is 2.48 bits per heavy atom. The number of ether oxygens (including phenoxy) is 1. The quantitative estimate of drug-likeness (QED) is 0.255. The number of carbonyl (C=O) groups is 1. The molecule has 0 radical (unpaired) electrons. The van der Waals surface area contributed by atoms with Gasteiger partial charge in [-0.25, -0.2) is 14.2 Å². The molecule has 1 aromatic carbocycles. The Morgan fingerprint density at radius 1 is 1.11 bits per heavy atom. The molecule has 13 heteroatoms. The standard InChI is InChI=1S/C31H36ClF4N5O2S/c1-19-6-5-11-41(19)18-25-28(20-7-8-22(32)21(16-20)31(34,35)36)38-26(44-25)17-23-27(33)24(9-10-37-23)39-12-14-40(15-13-39)29(42)43-30(2,3)4/h7-10,16,19H,5-6,11-15,17-18H2,1-4H3/t19-/m1/s1. The van der Waals surface area contributed by atoms with E-state index in [-0.39, 0.29) is 17.1 Å². The van der Waals surface area contributed by atoms with E-state index in [1.54, 1.807) is 23.2 Å². The minimum atomic E-state index is -4.61. The fourth-order valence-corrected chi connectivity index (χ4v) is 6.90. The summed E-state index contributed by atoms with van der Waals surface area (Å²) in [5, 5.41) is 0.185. The summed E-state index contributed by atoms with van der Waals surface area (Å²) in [6, 6.07) is 5.78. The molecular weight excluding hydrogens is 618 g/mol. The van der Waals surface area contributed by atoms with Crippen LogP contribution < -0.4 is 4.90 Å². The zero-order chi connectivity index (χ0) is 31.8. The van der Waals surface area contributed by atoms with Crippen LogP contribution in [0.5, 0.6) is 0 Å². The molecule has 2 fully saturated rings. The van der Waals surface area contributed by atoms with Gasteiger partial charge in [0.25, 0.3) is 0 Å². The van der Waals surface area contributed by atoms with Crippen LogP contribution in [-0.4, -0.2) is 70.2 Å². The minimum Gasteiger partial charge on any atom is -0.444 e. The molecular formula is C31H36ClF4N5O2S. The number of likely N-dealkylation sites (tertiary alicyclic amines) is 1. The monoisotopic (exact) mass is 653 g/mol. The van der Waals surface area contributed by atoms with Gasteiger partial charge in [0.15, 0.2) is 5.82 Å². The Balaban J connectivity index is 1.39. The summed E-state index contributed by atoms with van der Waals surface area (Å²) in [7, 11) is 0. The number of carbonyl (C=O) groups excluding carboxylic acids is 1. The normalized spacial score (nSPS) is 18.2. The summed E-state index contributed by atoms with van der Waals surface area (Å²) in [4.78, 5) is 28.1. The minimum absolute atomic E-state index is 0.0878. The molecule has 0 bridgehead atoms. The van der Waals surface area contributed by atoms with E-state index in [9.17, 15) is 18.0 Å². The lowest BCUT2D eigenvalue weighted by atomic mass is 10.1. The number of pyridine rings is 1. The van der Waals surface area contributed by atoms with Gasteiger partial charge in [-0.2, -0.15) is 13.2 Å². The Labute approximate surface area is 263 Å². The van der Waals surface area contributed by atoms with Crippen LogP contribution in [-0.2, 0) is 23.9 Å². The molecule has 5 rings (SSSR count). The highest BCUT2D eigenvalue weighted by Crippen LogP contribution is 2.39. The van der Waals surface area contributed by atoms with Crippen molar-refractivity contribution in [2.24, 2.45) is 0 Å². The fraction of sp³-hybridized carbons (Fsp3) is 0.516. The van der Waals surface area contributed by atoms with Crippen molar-refractivity contribution in [3.63, 3.8) is 0 Å². The van der Waals surface area contributed by atoms with E-state index in [1.807, 2.05) is 25.7 Å². The van der Waals surface area contributed by atoms with Crippen molar-refractivity contribution in [1.29, 1.82) is 0 Å². The maximum atomic E-state index is 15.9. The van der Waals surface area contributed by atoms with Crippen LogP contribution in [0.1, 0.15) is 61.7 Å². The molecule has 0 saturated carbocycles. The topological polar surface area (TPSA) is 61.8 Å². The molecule has 7 nitrogen and oxygen atoms in total. The predicted octanol–water partition coefficient (Wildman–Crippen LogP) is 7.65. The van der Waals surface area contributed by atoms with Crippen molar-refractivity contribution < 1.29 is 27.1 Å². The van der Waals surface area contributed by atoms with E-state index in [2.05, 4.69) is 16.8 Å². The summed E-state index contributed by atoms with van der Waals surface area (Å²) in [6.07, 6.45) is -1.27. The number of halogens is 5. The summed E-state index contributed by atoms with van der Waals surface area (Å²) in [5.74, 6) is -0.476. The first-order chi connectivity index (χ1) is 20.7. The fourth-order valence-electron chi connectivity index (χ4n) is 5.55. The second-order valence-electron chi connectivity index (χ2n) is 12.3. The number of anilines is 1. The van der Waals surface area contributed by atoms with Crippen molar-refractivity contribution in [3.05, 3.63) is 62.4 Å². The van der Waals surface area contributed by atoms with Gasteiger partial charge >= 0.3 is 12.3 Å². The van der Waals surface area contributed by atoms with Crippen molar-refractivity contribution >= 4 is 34.7 Å². The number of thiazole rings is 1. The second kappa shape index (κ2) is 12.8. The lowest BCUT2D eigenvalue weighted by Gasteiger charge is -2.36. The number of hydrogen-bond donors (Lipinski definition) is 0. The van der Waals surface area contributed by atoms with Gasteiger partial charge in [0.1, 0.15) is 5.60 Å². The third-order valence-corrected chi connectivity index (χ3v) is 9.23. The highest BCUT2D eigenvalue weighted by molar-refractivity contribution is 7.12. The average Bonchev–Trinajstić information content (AvgIpc) is 3.54. The number of benzene rings is 1. The Hall–Kier alpha value is -2.96. The molecule has 2 aliphatic heterocycles. The first-order valence-electron chi connectivity index (χ1n) is 14.7. The Morgan fingerprint density at radius 2 is 1.84 bits per heavy atom. The second-order valence-corrected chi connectivity index (χ2v) is 13.8. The third kappa shape index (κ3) is 7.46. The third-order valence-electron chi connectivity index (χ3n) is 7.86. The first-order valence-corrected chi connectivity index (χ1v) is 15.8. The summed E-state index contributed by atoms with van der Waals surface area (Å²) in [6.45, 7) is 10.6. The molecule has 2 saturated heterocycles. The number of alkyl halides is 3. The molecule has 0 unspecified atom stereocenters. The zero-order valence-corrected chi connectivity index (χ0v) is 26.8. The highest BCUT2D eigenvalue weighted by atomic mass is 35.5. The van der Waals surface area contributed by atoms with Gasteiger partial charge in [-0.3, -0.25) is 9.88 Å². The lowest BCUT2D eigenvalue weighted by molar-refractivity contribution is -0.137. The van der Waals surface area contributed by atoms with Crippen LogP contribution in [0.3, 0.4) is 0 Å². The van der Waals surface area contributed by atoms with Crippen molar-refractivity contribution in [1.82, 2.24) is 19.8 Å². The van der Waals surface area contributed by atoms with E-state index >= 15 is 4.39 Å². The maximum absolute atomic E-state index is 15.9. The van der Waals surface area contributed by atoms with Gasteiger partial charge in [-0.05, 0) is 65.3 Å².